The van der Waals surface area contributed by atoms with Crippen LogP contribution in [0.5, 0.6) is 5.75 Å². The van der Waals surface area contributed by atoms with Gasteiger partial charge in [0.05, 0.1) is 12.2 Å². The van der Waals surface area contributed by atoms with Gasteiger partial charge in [-0.15, -0.1) is 13.2 Å². The second kappa shape index (κ2) is 8.39. The minimum absolute atomic E-state index is 0.0980. The number of hydrogen-bond donors (Lipinski definition) is 1. The maximum Gasteiger partial charge on any atom is 0.237 e. The van der Waals surface area contributed by atoms with Gasteiger partial charge in [-0.3, -0.25) is 9.69 Å². The predicted molar refractivity (Wildman–Crippen MR) is 93.7 cm³/mol. The Morgan fingerprint density at radius 2 is 1.74 bits per heavy atom. The molecule has 0 saturated carbocycles. The summed E-state index contributed by atoms with van der Waals surface area (Å²) in [6, 6.07) is 7.37. The summed E-state index contributed by atoms with van der Waals surface area (Å²) in [6.45, 7) is 12.1. The number of nitrogens with zero attached hydrogens (tertiary/aromatic N) is 3. The first-order chi connectivity index (χ1) is 11.2. The number of hydrogen-bond acceptors (Lipinski definition) is 4. The number of phenolic OH excluding ortho intramolecular Hbond substituents is 1. The van der Waals surface area contributed by atoms with Gasteiger partial charge in [0, 0.05) is 39.3 Å². The number of anilines is 1. The molecule has 0 spiro atoms. The molecule has 0 aromatic heterocycles. The van der Waals surface area contributed by atoms with Crippen LogP contribution in [0, 0.1) is 0 Å². The molecule has 1 amide bonds. The smallest absolute Gasteiger partial charge is 0.237 e. The molecule has 0 unspecified atom stereocenters. The Bertz CT molecular complexity index is 541. The maximum absolute atomic E-state index is 12.3. The summed E-state index contributed by atoms with van der Waals surface area (Å²) in [6.07, 6.45) is 3.47. The van der Waals surface area contributed by atoms with Gasteiger partial charge in [0.1, 0.15) is 5.75 Å². The molecule has 23 heavy (non-hydrogen) atoms. The zero-order valence-electron chi connectivity index (χ0n) is 13.5. The largest absolute Gasteiger partial charge is 0.506 e. The lowest BCUT2D eigenvalue weighted by Gasteiger charge is -2.36. The summed E-state index contributed by atoms with van der Waals surface area (Å²) in [7, 11) is 0. The topological polar surface area (TPSA) is 47.0 Å². The van der Waals surface area contributed by atoms with E-state index in [1.807, 2.05) is 18.2 Å². The van der Waals surface area contributed by atoms with E-state index in [1.54, 1.807) is 23.1 Å². The van der Waals surface area contributed by atoms with Crippen molar-refractivity contribution in [2.24, 2.45) is 0 Å². The highest BCUT2D eigenvalue weighted by atomic mass is 16.3. The molecule has 1 aliphatic rings. The third-order valence-electron chi connectivity index (χ3n) is 4.01. The number of phenols is 1. The van der Waals surface area contributed by atoms with Crippen LogP contribution >= 0.6 is 0 Å². The van der Waals surface area contributed by atoms with E-state index in [0.29, 0.717) is 25.4 Å². The van der Waals surface area contributed by atoms with E-state index in [0.717, 1.165) is 31.9 Å². The van der Waals surface area contributed by atoms with E-state index in [-0.39, 0.29) is 5.91 Å². The van der Waals surface area contributed by atoms with E-state index >= 15 is 0 Å². The molecule has 124 valence electrons. The van der Waals surface area contributed by atoms with Crippen molar-refractivity contribution in [3.8, 4) is 5.75 Å². The van der Waals surface area contributed by atoms with Gasteiger partial charge in [0.2, 0.25) is 5.91 Å². The lowest BCUT2D eigenvalue weighted by molar-refractivity contribution is -0.131. The van der Waals surface area contributed by atoms with Crippen molar-refractivity contribution in [3.63, 3.8) is 0 Å². The van der Waals surface area contributed by atoms with Crippen molar-refractivity contribution < 1.29 is 9.90 Å². The van der Waals surface area contributed by atoms with Crippen molar-refractivity contribution in [2.45, 2.75) is 0 Å². The third kappa shape index (κ3) is 4.60. The van der Waals surface area contributed by atoms with Gasteiger partial charge in [0.15, 0.2) is 0 Å². The standard InChI is InChI=1S/C18H25N3O2/c1-3-9-21(10-4-2)18(23)15-19-11-13-20(14-12-19)16-7-5-6-8-17(16)22/h3-8,22H,1-2,9-15H2. The fourth-order valence-electron chi connectivity index (χ4n) is 2.76. The van der Waals surface area contributed by atoms with E-state index in [4.69, 9.17) is 0 Å². The summed E-state index contributed by atoms with van der Waals surface area (Å²) in [5.74, 6) is 0.404. The van der Waals surface area contributed by atoms with Crippen molar-refractivity contribution in [1.82, 2.24) is 9.80 Å². The number of carbonyl (C=O) groups excluding carboxylic acids is 1. The number of amides is 1. The van der Waals surface area contributed by atoms with Gasteiger partial charge in [-0.05, 0) is 12.1 Å². The van der Waals surface area contributed by atoms with Crippen LogP contribution in [0.15, 0.2) is 49.6 Å². The predicted octanol–water partition coefficient (Wildman–Crippen LogP) is 1.71. The number of carbonyl (C=O) groups is 1. The number of para-hydroxylation sites is 2. The molecular weight excluding hydrogens is 290 g/mol. The van der Waals surface area contributed by atoms with Crippen LogP contribution in [-0.4, -0.2) is 66.6 Å². The van der Waals surface area contributed by atoms with Crippen LogP contribution < -0.4 is 4.90 Å². The highest BCUT2D eigenvalue weighted by Gasteiger charge is 2.22. The van der Waals surface area contributed by atoms with Crippen LogP contribution in [-0.2, 0) is 4.79 Å². The Morgan fingerprint density at radius 1 is 1.13 bits per heavy atom. The summed E-state index contributed by atoms with van der Waals surface area (Å²) >= 11 is 0. The average molecular weight is 315 g/mol. The van der Waals surface area contributed by atoms with Crippen molar-refractivity contribution in [2.75, 3.05) is 50.7 Å². The number of aromatic hydroxyl groups is 1. The number of rotatable bonds is 7. The van der Waals surface area contributed by atoms with E-state index < -0.39 is 0 Å². The van der Waals surface area contributed by atoms with Gasteiger partial charge in [-0.25, -0.2) is 0 Å². The summed E-state index contributed by atoms with van der Waals surface area (Å²) < 4.78 is 0. The molecule has 0 bridgehead atoms. The SMILES string of the molecule is C=CCN(CC=C)C(=O)CN1CCN(c2ccccc2O)CC1. The summed E-state index contributed by atoms with van der Waals surface area (Å²) in [5.41, 5.74) is 0.860. The highest BCUT2D eigenvalue weighted by molar-refractivity contribution is 5.78. The van der Waals surface area contributed by atoms with E-state index in [9.17, 15) is 9.90 Å². The second-order valence-electron chi connectivity index (χ2n) is 5.63. The first-order valence-corrected chi connectivity index (χ1v) is 7.90. The molecule has 1 aliphatic heterocycles. The molecule has 2 rings (SSSR count). The first-order valence-electron chi connectivity index (χ1n) is 7.90. The Kier molecular flexibility index (Phi) is 6.23. The van der Waals surface area contributed by atoms with Crippen LogP contribution in [0.3, 0.4) is 0 Å². The zero-order valence-corrected chi connectivity index (χ0v) is 13.5. The Hall–Kier alpha value is -2.27. The van der Waals surface area contributed by atoms with E-state index in [2.05, 4.69) is 23.0 Å². The molecule has 1 aromatic rings. The second-order valence-corrected chi connectivity index (χ2v) is 5.63. The molecule has 5 nitrogen and oxygen atoms in total. The van der Waals surface area contributed by atoms with Crippen LogP contribution in [0.4, 0.5) is 5.69 Å². The normalized spacial score (nSPS) is 15.2. The van der Waals surface area contributed by atoms with Crippen molar-refractivity contribution in [3.05, 3.63) is 49.6 Å². The Labute approximate surface area is 138 Å². The minimum atomic E-state index is 0.0980. The highest BCUT2D eigenvalue weighted by Crippen LogP contribution is 2.27. The van der Waals surface area contributed by atoms with Gasteiger partial charge in [-0.1, -0.05) is 24.3 Å². The lowest BCUT2D eigenvalue weighted by atomic mass is 10.2. The third-order valence-corrected chi connectivity index (χ3v) is 4.01. The van der Waals surface area contributed by atoms with Gasteiger partial charge < -0.3 is 14.9 Å². The van der Waals surface area contributed by atoms with Crippen molar-refractivity contribution in [1.29, 1.82) is 0 Å². The number of piperazine rings is 1. The van der Waals surface area contributed by atoms with Gasteiger partial charge in [0.25, 0.3) is 0 Å². The fraction of sp³-hybridized carbons (Fsp3) is 0.389. The zero-order chi connectivity index (χ0) is 16.7. The molecule has 0 radical (unpaired) electrons. The Balaban J connectivity index is 1.87. The molecule has 0 atom stereocenters. The summed E-state index contributed by atoms with van der Waals surface area (Å²) in [4.78, 5) is 18.4. The summed E-state index contributed by atoms with van der Waals surface area (Å²) in [5, 5.41) is 9.93. The Morgan fingerprint density at radius 3 is 2.30 bits per heavy atom. The molecule has 1 heterocycles. The molecule has 1 fully saturated rings. The van der Waals surface area contributed by atoms with Crippen LogP contribution in [0.25, 0.3) is 0 Å². The maximum atomic E-state index is 12.3. The molecule has 5 heteroatoms. The molecule has 1 saturated heterocycles. The molecule has 0 aliphatic carbocycles. The average Bonchev–Trinajstić information content (AvgIpc) is 2.56. The molecule has 1 aromatic carbocycles. The number of benzene rings is 1. The van der Waals surface area contributed by atoms with Gasteiger partial charge in [-0.2, -0.15) is 0 Å². The van der Waals surface area contributed by atoms with Crippen LogP contribution in [0.1, 0.15) is 0 Å². The molecule has 1 N–H and O–H groups in total. The van der Waals surface area contributed by atoms with Crippen LogP contribution in [0.2, 0.25) is 0 Å². The fourth-order valence-corrected chi connectivity index (χ4v) is 2.76. The van der Waals surface area contributed by atoms with Gasteiger partial charge >= 0.3 is 0 Å². The first kappa shape index (κ1) is 17.1. The van der Waals surface area contributed by atoms with E-state index in [1.165, 1.54) is 0 Å². The quantitative estimate of drug-likeness (QED) is 0.778. The molecular formula is C18H25N3O2. The lowest BCUT2D eigenvalue weighted by Crippen LogP contribution is -2.50. The minimum Gasteiger partial charge on any atom is -0.506 e. The van der Waals surface area contributed by atoms with Crippen molar-refractivity contribution >= 4 is 11.6 Å². The monoisotopic (exact) mass is 315 g/mol.